The van der Waals surface area contributed by atoms with Gasteiger partial charge in [0.15, 0.2) is 0 Å². The van der Waals surface area contributed by atoms with Crippen LogP contribution in [0.15, 0.2) is 54.7 Å². The van der Waals surface area contributed by atoms with Crippen LogP contribution >= 0.6 is 0 Å². The number of fused-ring (bicyclic) bond motifs is 1. The second-order valence-corrected chi connectivity index (χ2v) is 5.55. The predicted octanol–water partition coefficient (Wildman–Crippen LogP) is 3.75. The van der Waals surface area contributed by atoms with Gasteiger partial charge in [-0.15, -0.1) is 0 Å². The van der Waals surface area contributed by atoms with Crippen molar-refractivity contribution in [3.63, 3.8) is 0 Å². The van der Waals surface area contributed by atoms with E-state index in [0.717, 1.165) is 19.4 Å². The third kappa shape index (κ3) is 3.01. The zero-order valence-corrected chi connectivity index (χ0v) is 12.5. The maximum atomic E-state index is 5.63. The summed E-state index contributed by atoms with van der Waals surface area (Å²) in [5.74, 6) is 0. The van der Waals surface area contributed by atoms with Gasteiger partial charge in [-0.25, -0.2) is 0 Å². The predicted molar refractivity (Wildman–Crippen MR) is 89.6 cm³/mol. The van der Waals surface area contributed by atoms with E-state index in [0.29, 0.717) is 6.54 Å². The van der Waals surface area contributed by atoms with E-state index < -0.39 is 0 Å². The van der Waals surface area contributed by atoms with E-state index in [-0.39, 0.29) is 0 Å². The number of nitrogens with zero attached hydrogens (tertiary/aromatic N) is 1. The van der Waals surface area contributed by atoms with Crippen LogP contribution in [0.2, 0.25) is 0 Å². The quantitative estimate of drug-likeness (QED) is 0.757. The van der Waals surface area contributed by atoms with Gasteiger partial charge < -0.3 is 10.3 Å². The molecule has 0 radical (unpaired) electrons. The molecule has 3 aromatic rings. The second-order valence-electron chi connectivity index (χ2n) is 5.55. The Hall–Kier alpha value is -2.06. The Bertz CT molecular complexity index is 723. The summed E-state index contributed by atoms with van der Waals surface area (Å²) in [6.07, 6.45) is 4.21. The maximum absolute atomic E-state index is 5.63. The Morgan fingerprint density at radius 3 is 2.33 bits per heavy atom. The van der Waals surface area contributed by atoms with Crippen LogP contribution in [0.4, 0.5) is 0 Å². The molecule has 2 heteroatoms. The highest BCUT2D eigenvalue weighted by Crippen LogP contribution is 2.19. The largest absolute Gasteiger partial charge is 0.343 e. The van der Waals surface area contributed by atoms with Crippen molar-refractivity contribution in [2.75, 3.05) is 6.54 Å². The molecule has 2 nitrogen and oxygen atoms in total. The molecule has 3 rings (SSSR count). The van der Waals surface area contributed by atoms with Crippen LogP contribution in [-0.2, 0) is 19.4 Å². The first-order valence-electron chi connectivity index (χ1n) is 7.66. The summed E-state index contributed by atoms with van der Waals surface area (Å²) in [7, 11) is 0. The topological polar surface area (TPSA) is 30.9 Å². The van der Waals surface area contributed by atoms with Gasteiger partial charge in [-0.1, -0.05) is 37.3 Å². The molecule has 1 heterocycles. The number of hydrogen-bond acceptors (Lipinski definition) is 1. The number of benzene rings is 2. The number of hydrogen-bond donors (Lipinski definition) is 1. The third-order valence-electron chi connectivity index (χ3n) is 4.05. The molecule has 0 amide bonds. The van der Waals surface area contributed by atoms with E-state index in [9.17, 15) is 0 Å². The molecular formula is C19H22N2. The maximum Gasteiger partial charge on any atom is 0.0483 e. The highest BCUT2D eigenvalue weighted by Gasteiger charge is 2.03. The Kier molecular flexibility index (Phi) is 4.07. The van der Waals surface area contributed by atoms with Crippen LogP contribution in [0.5, 0.6) is 0 Å². The van der Waals surface area contributed by atoms with Gasteiger partial charge in [-0.2, -0.15) is 0 Å². The molecule has 0 saturated heterocycles. The lowest BCUT2D eigenvalue weighted by Gasteiger charge is -2.07. The zero-order valence-electron chi connectivity index (χ0n) is 12.5. The van der Waals surface area contributed by atoms with Crippen LogP contribution in [0.1, 0.15) is 23.6 Å². The van der Waals surface area contributed by atoms with Gasteiger partial charge in [0.2, 0.25) is 0 Å². The molecule has 0 spiro atoms. The summed E-state index contributed by atoms with van der Waals surface area (Å²) >= 11 is 0. The van der Waals surface area contributed by atoms with Crippen LogP contribution < -0.4 is 5.73 Å². The molecule has 0 bridgehead atoms. The minimum Gasteiger partial charge on any atom is -0.343 e. The van der Waals surface area contributed by atoms with Gasteiger partial charge in [0.25, 0.3) is 0 Å². The van der Waals surface area contributed by atoms with Crippen molar-refractivity contribution in [1.29, 1.82) is 0 Å². The van der Waals surface area contributed by atoms with Crippen LogP contribution in [0, 0.1) is 0 Å². The standard InChI is InChI=1S/C19H22N2/c1-2-15-3-5-17(6-4-15)14-21-12-10-18-13-16(9-11-20)7-8-19(18)21/h3-8,10,12-13H,2,9,11,14,20H2,1H3. The Balaban J connectivity index is 1.86. The van der Waals surface area contributed by atoms with Crippen molar-refractivity contribution in [3.8, 4) is 0 Å². The fourth-order valence-electron chi connectivity index (χ4n) is 2.79. The molecule has 0 atom stereocenters. The lowest BCUT2D eigenvalue weighted by atomic mass is 10.1. The minimum atomic E-state index is 0.704. The Labute approximate surface area is 126 Å². The van der Waals surface area contributed by atoms with E-state index in [4.69, 9.17) is 5.73 Å². The van der Waals surface area contributed by atoms with Crippen molar-refractivity contribution in [2.45, 2.75) is 26.3 Å². The fraction of sp³-hybridized carbons (Fsp3) is 0.263. The molecule has 0 aliphatic rings. The number of rotatable bonds is 5. The van der Waals surface area contributed by atoms with Gasteiger partial charge in [-0.05, 0) is 59.7 Å². The smallest absolute Gasteiger partial charge is 0.0483 e. The molecule has 0 saturated carbocycles. The van der Waals surface area contributed by atoms with Crippen LogP contribution in [-0.4, -0.2) is 11.1 Å². The van der Waals surface area contributed by atoms with Gasteiger partial charge in [0.1, 0.15) is 0 Å². The first-order chi connectivity index (χ1) is 10.3. The van der Waals surface area contributed by atoms with Crippen molar-refractivity contribution < 1.29 is 0 Å². The van der Waals surface area contributed by atoms with Crippen molar-refractivity contribution >= 4 is 10.9 Å². The number of nitrogens with two attached hydrogens (primary N) is 1. The van der Waals surface area contributed by atoms with Gasteiger partial charge in [0.05, 0.1) is 0 Å². The zero-order chi connectivity index (χ0) is 14.7. The first-order valence-corrected chi connectivity index (χ1v) is 7.66. The molecule has 0 unspecified atom stereocenters. The van der Waals surface area contributed by atoms with E-state index in [1.54, 1.807) is 0 Å². The summed E-state index contributed by atoms with van der Waals surface area (Å²) < 4.78 is 2.31. The molecule has 2 aromatic carbocycles. The monoisotopic (exact) mass is 278 g/mol. The highest BCUT2D eigenvalue weighted by molar-refractivity contribution is 5.81. The normalized spacial score (nSPS) is 11.1. The number of aryl methyl sites for hydroxylation is 1. The Morgan fingerprint density at radius 2 is 1.62 bits per heavy atom. The molecule has 21 heavy (non-hydrogen) atoms. The van der Waals surface area contributed by atoms with Crippen molar-refractivity contribution in [2.24, 2.45) is 5.73 Å². The summed E-state index contributed by atoms with van der Waals surface area (Å²) in [6.45, 7) is 3.81. The van der Waals surface area contributed by atoms with E-state index in [1.807, 2.05) is 0 Å². The van der Waals surface area contributed by atoms with Gasteiger partial charge >= 0.3 is 0 Å². The highest BCUT2D eigenvalue weighted by atomic mass is 14.9. The fourth-order valence-corrected chi connectivity index (χ4v) is 2.79. The molecule has 2 N–H and O–H groups in total. The molecule has 0 fully saturated rings. The average Bonchev–Trinajstić information content (AvgIpc) is 2.91. The molecule has 0 aliphatic carbocycles. The minimum absolute atomic E-state index is 0.704. The van der Waals surface area contributed by atoms with Crippen LogP contribution in [0.25, 0.3) is 10.9 Å². The Morgan fingerprint density at radius 1 is 0.905 bits per heavy atom. The van der Waals surface area contributed by atoms with E-state index >= 15 is 0 Å². The van der Waals surface area contributed by atoms with E-state index in [1.165, 1.54) is 27.6 Å². The summed E-state index contributed by atoms with van der Waals surface area (Å²) in [5, 5.41) is 1.30. The first kappa shape index (κ1) is 13.9. The second kappa shape index (κ2) is 6.15. The summed E-state index contributed by atoms with van der Waals surface area (Å²) in [5.41, 5.74) is 11.0. The average molecular weight is 278 g/mol. The summed E-state index contributed by atoms with van der Waals surface area (Å²) in [4.78, 5) is 0. The lowest BCUT2D eigenvalue weighted by Crippen LogP contribution is -2.02. The van der Waals surface area contributed by atoms with E-state index in [2.05, 4.69) is 66.2 Å². The molecule has 108 valence electrons. The molecule has 1 aromatic heterocycles. The molecule has 0 aliphatic heterocycles. The van der Waals surface area contributed by atoms with Crippen molar-refractivity contribution in [1.82, 2.24) is 4.57 Å². The SMILES string of the molecule is CCc1ccc(Cn2ccc3cc(CCN)ccc32)cc1. The molecular weight excluding hydrogens is 256 g/mol. The van der Waals surface area contributed by atoms with Crippen molar-refractivity contribution in [3.05, 3.63) is 71.4 Å². The van der Waals surface area contributed by atoms with Crippen LogP contribution in [0.3, 0.4) is 0 Å². The van der Waals surface area contributed by atoms with Gasteiger partial charge in [-0.3, -0.25) is 0 Å². The third-order valence-corrected chi connectivity index (χ3v) is 4.05. The lowest BCUT2D eigenvalue weighted by molar-refractivity contribution is 0.835. The number of aromatic nitrogens is 1. The summed E-state index contributed by atoms with van der Waals surface area (Å²) in [6, 6.07) is 17.7. The van der Waals surface area contributed by atoms with Gasteiger partial charge in [0, 0.05) is 18.3 Å².